The van der Waals surface area contributed by atoms with E-state index in [1.54, 1.807) is 4.52 Å². The normalized spacial score (nSPS) is 30.0. The SMILES string of the molecule is Cc1cc([C@H]2CN[C@@H](C)CO2)n2nc(C3CCC(C(F)(F)F)CC3)cc2n1. The zero-order valence-corrected chi connectivity index (χ0v) is 15.6. The predicted molar refractivity (Wildman–Crippen MR) is 94.6 cm³/mol. The van der Waals surface area contributed by atoms with Crippen molar-refractivity contribution in [2.75, 3.05) is 13.2 Å². The number of aryl methyl sites for hydroxylation is 1. The molecular weight excluding hydrogens is 357 g/mol. The molecule has 1 saturated heterocycles. The molecule has 148 valence electrons. The lowest BCUT2D eigenvalue weighted by atomic mass is 9.80. The van der Waals surface area contributed by atoms with Gasteiger partial charge in [0.05, 0.1) is 23.9 Å². The molecule has 2 aromatic rings. The third kappa shape index (κ3) is 3.82. The van der Waals surface area contributed by atoms with Crippen molar-refractivity contribution in [1.29, 1.82) is 0 Å². The summed E-state index contributed by atoms with van der Waals surface area (Å²) in [5, 5.41) is 8.13. The Hall–Kier alpha value is -1.67. The first-order chi connectivity index (χ1) is 12.8. The van der Waals surface area contributed by atoms with Gasteiger partial charge in [-0.05, 0) is 45.6 Å². The number of hydrogen-bond donors (Lipinski definition) is 1. The van der Waals surface area contributed by atoms with Crippen LogP contribution in [0.5, 0.6) is 0 Å². The summed E-state index contributed by atoms with van der Waals surface area (Å²) in [6.45, 7) is 5.34. The maximum Gasteiger partial charge on any atom is 0.391 e. The molecule has 0 amide bonds. The van der Waals surface area contributed by atoms with E-state index in [9.17, 15) is 13.2 Å². The number of alkyl halides is 3. The summed E-state index contributed by atoms with van der Waals surface area (Å²) in [5.41, 5.74) is 3.39. The van der Waals surface area contributed by atoms with Gasteiger partial charge in [0.2, 0.25) is 0 Å². The molecule has 4 rings (SSSR count). The fraction of sp³-hybridized carbons (Fsp3) is 0.684. The average Bonchev–Trinajstić information content (AvgIpc) is 3.05. The molecule has 0 unspecified atom stereocenters. The Morgan fingerprint density at radius 2 is 1.93 bits per heavy atom. The second kappa shape index (κ2) is 7.05. The highest BCUT2D eigenvalue weighted by Crippen LogP contribution is 2.42. The number of nitrogens with one attached hydrogen (secondary N) is 1. The number of halogens is 3. The van der Waals surface area contributed by atoms with Crippen LogP contribution >= 0.6 is 0 Å². The molecule has 2 aromatic heterocycles. The van der Waals surface area contributed by atoms with E-state index in [4.69, 9.17) is 9.84 Å². The molecule has 0 aromatic carbocycles. The monoisotopic (exact) mass is 382 g/mol. The Morgan fingerprint density at radius 1 is 1.19 bits per heavy atom. The van der Waals surface area contributed by atoms with Crippen molar-refractivity contribution < 1.29 is 17.9 Å². The van der Waals surface area contributed by atoms with Crippen LogP contribution in [0.15, 0.2) is 12.1 Å². The van der Waals surface area contributed by atoms with Crippen LogP contribution in [0.25, 0.3) is 5.65 Å². The first-order valence-electron chi connectivity index (χ1n) is 9.60. The van der Waals surface area contributed by atoms with E-state index in [1.807, 2.05) is 19.1 Å². The standard InChI is InChI=1S/C19H25F3N4O/c1-11-7-16(17-9-23-12(2)10-27-17)26-18(24-11)8-15(25-26)13-3-5-14(6-4-13)19(20,21)22/h7-8,12-14,17,23H,3-6,9-10H2,1-2H3/t12-,13?,14?,17+/m0/s1. The summed E-state index contributed by atoms with van der Waals surface area (Å²) in [4.78, 5) is 4.56. The lowest BCUT2D eigenvalue weighted by Gasteiger charge is -2.29. The topological polar surface area (TPSA) is 51.5 Å². The zero-order chi connectivity index (χ0) is 19.2. The van der Waals surface area contributed by atoms with Crippen LogP contribution in [-0.2, 0) is 4.74 Å². The molecule has 2 atom stereocenters. The fourth-order valence-corrected chi connectivity index (χ4v) is 4.17. The second-order valence-electron chi connectivity index (χ2n) is 7.88. The third-order valence-corrected chi connectivity index (χ3v) is 5.74. The molecule has 2 fully saturated rings. The first-order valence-corrected chi connectivity index (χ1v) is 9.60. The van der Waals surface area contributed by atoms with Crippen LogP contribution in [0.3, 0.4) is 0 Å². The number of fused-ring (bicyclic) bond motifs is 1. The molecule has 3 heterocycles. The molecule has 2 aliphatic rings. The van der Waals surface area contributed by atoms with Crippen LogP contribution in [0.2, 0.25) is 0 Å². The smallest absolute Gasteiger partial charge is 0.369 e. The van der Waals surface area contributed by atoms with Crippen LogP contribution in [0.1, 0.15) is 61.7 Å². The summed E-state index contributed by atoms with van der Waals surface area (Å²) in [5.74, 6) is -1.12. The minimum Gasteiger partial charge on any atom is -0.369 e. The highest BCUT2D eigenvalue weighted by Gasteiger charge is 2.42. The molecule has 27 heavy (non-hydrogen) atoms. The van der Waals surface area contributed by atoms with Crippen molar-refractivity contribution in [1.82, 2.24) is 19.9 Å². The van der Waals surface area contributed by atoms with Crippen LogP contribution in [0, 0.1) is 12.8 Å². The molecule has 1 saturated carbocycles. The van der Waals surface area contributed by atoms with Crippen LogP contribution < -0.4 is 5.32 Å². The minimum absolute atomic E-state index is 0.0591. The zero-order valence-electron chi connectivity index (χ0n) is 15.6. The van der Waals surface area contributed by atoms with E-state index < -0.39 is 12.1 Å². The van der Waals surface area contributed by atoms with Crippen molar-refractivity contribution in [3.8, 4) is 0 Å². The van der Waals surface area contributed by atoms with Crippen LogP contribution in [0.4, 0.5) is 13.2 Å². The first kappa shape index (κ1) is 18.7. The van der Waals surface area contributed by atoms with Gasteiger partial charge in [-0.2, -0.15) is 18.3 Å². The van der Waals surface area contributed by atoms with Gasteiger partial charge in [-0.1, -0.05) is 0 Å². The Balaban J connectivity index is 1.58. The van der Waals surface area contributed by atoms with Gasteiger partial charge < -0.3 is 10.1 Å². The molecule has 0 bridgehead atoms. The number of rotatable bonds is 2. The molecule has 5 nitrogen and oxygen atoms in total. The van der Waals surface area contributed by atoms with Crippen molar-refractivity contribution >= 4 is 5.65 Å². The quantitative estimate of drug-likeness (QED) is 0.855. The maximum absolute atomic E-state index is 12.9. The fourth-order valence-electron chi connectivity index (χ4n) is 4.17. The molecule has 1 aliphatic heterocycles. The molecule has 1 aliphatic carbocycles. The van der Waals surface area contributed by atoms with E-state index in [-0.39, 0.29) is 24.9 Å². The Kier molecular flexibility index (Phi) is 4.88. The summed E-state index contributed by atoms with van der Waals surface area (Å²) in [6, 6.07) is 4.22. The summed E-state index contributed by atoms with van der Waals surface area (Å²) in [7, 11) is 0. The van der Waals surface area contributed by atoms with Gasteiger partial charge in [0.1, 0.15) is 6.10 Å². The van der Waals surface area contributed by atoms with Crippen molar-refractivity contribution in [3.05, 3.63) is 29.2 Å². The van der Waals surface area contributed by atoms with Crippen molar-refractivity contribution in [2.24, 2.45) is 5.92 Å². The van der Waals surface area contributed by atoms with Gasteiger partial charge in [-0.3, -0.25) is 0 Å². The number of nitrogens with zero attached hydrogens (tertiary/aromatic N) is 3. The third-order valence-electron chi connectivity index (χ3n) is 5.74. The molecule has 0 radical (unpaired) electrons. The summed E-state index contributed by atoms with van der Waals surface area (Å²) >= 11 is 0. The number of hydrogen-bond acceptors (Lipinski definition) is 4. The van der Waals surface area contributed by atoms with Gasteiger partial charge in [-0.25, -0.2) is 9.50 Å². The second-order valence-corrected chi connectivity index (χ2v) is 7.88. The Bertz CT molecular complexity index is 803. The Morgan fingerprint density at radius 3 is 2.56 bits per heavy atom. The lowest BCUT2D eigenvalue weighted by Crippen LogP contribution is -2.41. The van der Waals surface area contributed by atoms with Gasteiger partial charge in [-0.15, -0.1) is 0 Å². The average molecular weight is 382 g/mol. The minimum atomic E-state index is -4.09. The summed E-state index contributed by atoms with van der Waals surface area (Å²) < 4.78 is 46.5. The van der Waals surface area contributed by atoms with E-state index >= 15 is 0 Å². The molecule has 8 heteroatoms. The van der Waals surface area contributed by atoms with Gasteiger partial charge in [0.25, 0.3) is 0 Å². The van der Waals surface area contributed by atoms with E-state index in [2.05, 4.69) is 17.2 Å². The van der Waals surface area contributed by atoms with E-state index in [0.717, 1.165) is 22.7 Å². The highest BCUT2D eigenvalue weighted by molar-refractivity contribution is 5.43. The molecular formula is C19H25F3N4O. The largest absolute Gasteiger partial charge is 0.391 e. The van der Waals surface area contributed by atoms with E-state index in [1.165, 1.54) is 0 Å². The maximum atomic E-state index is 12.9. The van der Waals surface area contributed by atoms with Crippen LogP contribution in [-0.4, -0.2) is 40.0 Å². The predicted octanol–water partition coefficient (Wildman–Crippen LogP) is 3.92. The molecule has 0 spiro atoms. The van der Waals surface area contributed by atoms with Crippen molar-refractivity contribution in [2.45, 2.75) is 63.8 Å². The number of ether oxygens (including phenoxy) is 1. The van der Waals surface area contributed by atoms with Gasteiger partial charge >= 0.3 is 6.18 Å². The highest BCUT2D eigenvalue weighted by atomic mass is 19.4. The number of aromatic nitrogens is 3. The molecule has 1 N–H and O–H groups in total. The lowest BCUT2D eigenvalue weighted by molar-refractivity contribution is -0.182. The van der Waals surface area contributed by atoms with Gasteiger partial charge in [0.15, 0.2) is 5.65 Å². The summed E-state index contributed by atoms with van der Waals surface area (Å²) in [6.07, 6.45) is -2.82. The number of morpholine rings is 1. The van der Waals surface area contributed by atoms with Crippen molar-refractivity contribution in [3.63, 3.8) is 0 Å². The van der Waals surface area contributed by atoms with Gasteiger partial charge in [0, 0.05) is 30.3 Å². The van der Waals surface area contributed by atoms with E-state index in [0.29, 0.717) is 32.0 Å². The Labute approximate surface area is 156 Å².